The number of carbonyl (C=O) groups is 3. The smallest absolute Gasteiger partial charge is 0.251 e. The van der Waals surface area contributed by atoms with Gasteiger partial charge in [0, 0.05) is 31.9 Å². The maximum atomic E-state index is 13.8. The van der Waals surface area contributed by atoms with Gasteiger partial charge < -0.3 is 29.7 Å². The minimum Gasteiger partial charge on any atom is -0.454 e. The minimum atomic E-state index is -0.931. The predicted octanol–water partition coefficient (Wildman–Crippen LogP) is 3.77. The van der Waals surface area contributed by atoms with Gasteiger partial charge in [-0.05, 0) is 55.7 Å². The van der Waals surface area contributed by atoms with Crippen LogP contribution in [-0.2, 0) is 20.9 Å². The third-order valence-corrected chi connectivity index (χ3v) is 6.47. The molecule has 1 aliphatic rings. The fourth-order valence-electron chi connectivity index (χ4n) is 4.36. The summed E-state index contributed by atoms with van der Waals surface area (Å²) >= 11 is 0. The number of aryl methyl sites for hydroxylation is 1. The van der Waals surface area contributed by atoms with Crippen molar-refractivity contribution in [3.63, 3.8) is 0 Å². The molecule has 3 aromatic rings. The largest absolute Gasteiger partial charge is 0.454 e. The molecule has 0 aliphatic carbocycles. The average molecular weight is 546 g/mol. The Bertz CT molecular complexity index is 1300. The molecule has 0 bridgehead atoms. The lowest BCUT2D eigenvalue weighted by Gasteiger charge is -2.32. The molecule has 0 fully saturated rings. The van der Waals surface area contributed by atoms with E-state index in [9.17, 15) is 14.4 Å². The van der Waals surface area contributed by atoms with Gasteiger partial charge in [-0.3, -0.25) is 14.4 Å². The lowest BCUT2D eigenvalue weighted by Crippen LogP contribution is -2.47. The van der Waals surface area contributed by atoms with Crippen LogP contribution < -0.4 is 20.1 Å². The summed E-state index contributed by atoms with van der Waals surface area (Å²) in [6.07, 6.45) is 0.642. The van der Waals surface area contributed by atoms with E-state index in [4.69, 9.17) is 14.2 Å². The average Bonchev–Trinajstić information content (AvgIpc) is 3.45. The second-order valence-corrected chi connectivity index (χ2v) is 9.41. The summed E-state index contributed by atoms with van der Waals surface area (Å²) < 4.78 is 16.3. The Kier molecular flexibility index (Phi) is 10.1. The molecule has 0 spiro atoms. The molecular weight excluding hydrogens is 510 g/mol. The van der Waals surface area contributed by atoms with Crippen molar-refractivity contribution in [1.29, 1.82) is 0 Å². The topological polar surface area (TPSA) is 106 Å². The van der Waals surface area contributed by atoms with Crippen LogP contribution in [0.1, 0.15) is 46.4 Å². The van der Waals surface area contributed by atoms with Gasteiger partial charge in [-0.15, -0.1) is 0 Å². The van der Waals surface area contributed by atoms with Crippen LogP contribution >= 0.6 is 0 Å². The minimum absolute atomic E-state index is 0.113. The van der Waals surface area contributed by atoms with Crippen molar-refractivity contribution >= 4 is 17.7 Å². The van der Waals surface area contributed by atoms with E-state index in [0.29, 0.717) is 48.8 Å². The molecular formula is C31H35N3O6. The lowest BCUT2D eigenvalue weighted by molar-refractivity contribution is -0.140. The van der Waals surface area contributed by atoms with Crippen LogP contribution in [-0.4, -0.2) is 55.7 Å². The number of rotatable bonds is 13. The first-order valence-corrected chi connectivity index (χ1v) is 13.4. The number of ether oxygens (including phenoxy) is 3. The zero-order chi connectivity index (χ0) is 28.3. The van der Waals surface area contributed by atoms with Crippen molar-refractivity contribution in [2.75, 3.05) is 33.1 Å². The number of fused-ring (bicyclic) bond motifs is 1. The third-order valence-electron chi connectivity index (χ3n) is 6.47. The van der Waals surface area contributed by atoms with Gasteiger partial charge in [-0.25, -0.2) is 0 Å². The maximum absolute atomic E-state index is 13.8. The highest BCUT2D eigenvalue weighted by atomic mass is 16.7. The van der Waals surface area contributed by atoms with Gasteiger partial charge in [0.05, 0.1) is 6.54 Å². The van der Waals surface area contributed by atoms with E-state index < -0.39 is 11.9 Å². The fourth-order valence-corrected chi connectivity index (χ4v) is 4.36. The first-order valence-electron chi connectivity index (χ1n) is 13.4. The molecule has 2 N–H and O–H groups in total. The highest BCUT2D eigenvalue weighted by molar-refractivity contribution is 5.97. The molecule has 4 rings (SSSR count). The molecule has 9 heteroatoms. The van der Waals surface area contributed by atoms with Crippen molar-refractivity contribution in [3.8, 4) is 11.5 Å². The number of carbonyl (C=O) groups excluding carboxylic acids is 3. The Labute approximate surface area is 234 Å². The van der Waals surface area contributed by atoms with Crippen molar-refractivity contribution in [2.24, 2.45) is 0 Å². The molecule has 0 saturated heterocycles. The molecule has 3 aromatic carbocycles. The van der Waals surface area contributed by atoms with Gasteiger partial charge in [0.15, 0.2) is 11.5 Å². The van der Waals surface area contributed by atoms with Gasteiger partial charge in [0.2, 0.25) is 18.6 Å². The number of hydrogen-bond donors (Lipinski definition) is 2. The molecule has 0 unspecified atom stereocenters. The van der Waals surface area contributed by atoms with E-state index >= 15 is 0 Å². The van der Waals surface area contributed by atoms with Crippen LogP contribution in [0.4, 0.5) is 0 Å². The fraction of sp³-hybridized carbons (Fsp3) is 0.323. The third kappa shape index (κ3) is 7.60. The number of hydrogen-bond acceptors (Lipinski definition) is 6. The second-order valence-electron chi connectivity index (χ2n) is 9.41. The molecule has 0 aromatic heterocycles. The number of benzene rings is 3. The summed E-state index contributed by atoms with van der Waals surface area (Å²) in [7, 11) is 0. The normalized spacial score (nSPS) is 12.4. The van der Waals surface area contributed by atoms with Crippen molar-refractivity contribution in [1.82, 2.24) is 15.5 Å². The molecule has 40 heavy (non-hydrogen) atoms. The van der Waals surface area contributed by atoms with Crippen molar-refractivity contribution in [3.05, 3.63) is 95.1 Å². The van der Waals surface area contributed by atoms with E-state index in [-0.39, 0.29) is 31.7 Å². The standard InChI is InChI=1S/C31H35N3O6/c1-3-38-17-7-16-32-31(37)29(24-13-10-22(2)11-14-24)34(20-23-12-15-26-27(18-23)40-21-39-26)28(35)19-33-30(36)25-8-5-4-6-9-25/h4-6,8-15,18,29H,3,7,16-17,19-21H2,1-2H3,(H,32,37)(H,33,36)/t29-/m1/s1. The summed E-state index contributed by atoms with van der Waals surface area (Å²) in [5.74, 6) is 0.110. The van der Waals surface area contributed by atoms with E-state index in [1.165, 1.54) is 4.90 Å². The first kappa shape index (κ1) is 28.6. The zero-order valence-corrected chi connectivity index (χ0v) is 22.9. The van der Waals surface area contributed by atoms with Gasteiger partial charge >= 0.3 is 0 Å². The summed E-state index contributed by atoms with van der Waals surface area (Å²) in [4.78, 5) is 41.6. The van der Waals surface area contributed by atoms with Gasteiger partial charge in [-0.1, -0.05) is 54.1 Å². The van der Waals surface area contributed by atoms with Crippen LogP contribution in [0.15, 0.2) is 72.8 Å². The van der Waals surface area contributed by atoms with E-state index in [1.54, 1.807) is 36.4 Å². The van der Waals surface area contributed by atoms with Crippen LogP contribution in [0.5, 0.6) is 11.5 Å². The van der Waals surface area contributed by atoms with E-state index in [2.05, 4.69) is 10.6 Å². The first-order chi connectivity index (χ1) is 19.5. The lowest BCUT2D eigenvalue weighted by atomic mass is 10.0. The summed E-state index contributed by atoms with van der Waals surface area (Å²) in [6.45, 7) is 5.37. The predicted molar refractivity (Wildman–Crippen MR) is 150 cm³/mol. The van der Waals surface area contributed by atoms with Crippen LogP contribution in [0, 0.1) is 6.92 Å². The Morgan fingerprint density at radius 2 is 1.70 bits per heavy atom. The SMILES string of the molecule is CCOCCCNC(=O)[C@@H](c1ccc(C)cc1)N(Cc1ccc2c(c1)OCO2)C(=O)CNC(=O)c1ccccc1. The van der Waals surface area contributed by atoms with E-state index in [0.717, 1.165) is 11.1 Å². The second kappa shape index (κ2) is 14.1. The molecule has 1 heterocycles. The summed E-state index contributed by atoms with van der Waals surface area (Å²) in [5, 5.41) is 5.67. The number of amides is 3. The quantitative estimate of drug-likeness (QED) is 0.317. The van der Waals surface area contributed by atoms with Gasteiger partial charge in [0.25, 0.3) is 5.91 Å². The Morgan fingerprint density at radius 1 is 0.950 bits per heavy atom. The monoisotopic (exact) mass is 545 g/mol. The van der Waals surface area contributed by atoms with Crippen LogP contribution in [0.2, 0.25) is 0 Å². The molecule has 210 valence electrons. The molecule has 3 amide bonds. The Hall–Kier alpha value is -4.37. The Balaban J connectivity index is 1.61. The number of nitrogens with zero attached hydrogens (tertiary/aromatic N) is 1. The highest BCUT2D eigenvalue weighted by Gasteiger charge is 2.32. The molecule has 0 radical (unpaired) electrons. The van der Waals surface area contributed by atoms with Crippen LogP contribution in [0.25, 0.3) is 0 Å². The van der Waals surface area contributed by atoms with Crippen molar-refractivity contribution < 1.29 is 28.6 Å². The number of nitrogens with one attached hydrogen (secondary N) is 2. The molecule has 0 saturated carbocycles. The zero-order valence-electron chi connectivity index (χ0n) is 22.9. The molecule has 1 atom stereocenters. The Morgan fingerprint density at radius 3 is 2.45 bits per heavy atom. The van der Waals surface area contributed by atoms with Gasteiger partial charge in [-0.2, -0.15) is 0 Å². The summed E-state index contributed by atoms with van der Waals surface area (Å²) in [6, 6.07) is 20.7. The molecule has 9 nitrogen and oxygen atoms in total. The summed E-state index contributed by atoms with van der Waals surface area (Å²) in [5.41, 5.74) is 2.90. The van der Waals surface area contributed by atoms with E-state index in [1.807, 2.05) is 50.2 Å². The van der Waals surface area contributed by atoms with Crippen molar-refractivity contribution in [2.45, 2.75) is 32.9 Å². The van der Waals surface area contributed by atoms with Gasteiger partial charge in [0.1, 0.15) is 6.04 Å². The van der Waals surface area contributed by atoms with Crippen LogP contribution in [0.3, 0.4) is 0 Å². The molecule has 1 aliphatic heterocycles. The highest BCUT2D eigenvalue weighted by Crippen LogP contribution is 2.34. The maximum Gasteiger partial charge on any atom is 0.251 e.